The van der Waals surface area contributed by atoms with E-state index >= 15 is 0 Å². The lowest BCUT2D eigenvalue weighted by Gasteiger charge is -2.21. The van der Waals surface area contributed by atoms with E-state index in [0.29, 0.717) is 18.8 Å². The minimum Gasteiger partial charge on any atom is -0.496 e. The Kier molecular flexibility index (Phi) is 4.18. The molecule has 18 heavy (non-hydrogen) atoms. The second kappa shape index (κ2) is 5.85. The summed E-state index contributed by atoms with van der Waals surface area (Å²) >= 11 is 0. The Morgan fingerprint density at radius 1 is 1.22 bits per heavy atom. The molecule has 1 saturated heterocycles. The summed E-state index contributed by atoms with van der Waals surface area (Å²) in [7, 11) is 1.45. The molecule has 0 atom stereocenters. The van der Waals surface area contributed by atoms with Gasteiger partial charge in [-0.3, -0.25) is 4.79 Å². The average Bonchev–Trinajstić information content (AvgIpc) is 2.66. The van der Waals surface area contributed by atoms with Crippen LogP contribution >= 0.6 is 0 Å². The third kappa shape index (κ3) is 2.63. The summed E-state index contributed by atoms with van der Waals surface area (Å²) in [6, 6.07) is 4.47. The Hall–Kier alpha value is -1.58. The molecular weight excluding hydrogens is 233 g/mol. The van der Waals surface area contributed by atoms with Crippen molar-refractivity contribution in [3.8, 4) is 5.75 Å². The number of methoxy groups -OCH3 is 1. The molecule has 1 aliphatic heterocycles. The maximum Gasteiger partial charge on any atom is 0.260 e. The van der Waals surface area contributed by atoms with Crippen LogP contribution < -0.4 is 4.74 Å². The van der Waals surface area contributed by atoms with Crippen LogP contribution in [-0.2, 0) is 0 Å². The van der Waals surface area contributed by atoms with Crippen LogP contribution in [0, 0.1) is 5.82 Å². The highest BCUT2D eigenvalue weighted by atomic mass is 19.1. The number of halogens is 1. The van der Waals surface area contributed by atoms with E-state index in [1.54, 1.807) is 17.0 Å². The fraction of sp³-hybridized carbons (Fsp3) is 0.500. The van der Waals surface area contributed by atoms with Gasteiger partial charge in [-0.25, -0.2) is 4.39 Å². The molecule has 0 unspecified atom stereocenters. The molecule has 2 rings (SSSR count). The summed E-state index contributed by atoms with van der Waals surface area (Å²) in [6.45, 7) is 1.41. The molecule has 0 spiro atoms. The molecule has 4 heteroatoms. The lowest BCUT2D eigenvalue weighted by atomic mass is 10.1. The molecule has 0 aromatic heterocycles. The van der Waals surface area contributed by atoms with Gasteiger partial charge in [-0.05, 0) is 25.0 Å². The van der Waals surface area contributed by atoms with Crippen molar-refractivity contribution in [3.63, 3.8) is 0 Å². The van der Waals surface area contributed by atoms with Gasteiger partial charge in [0.2, 0.25) is 0 Å². The minimum absolute atomic E-state index is 0.0573. The van der Waals surface area contributed by atoms with Crippen molar-refractivity contribution in [3.05, 3.63) is 29.6 Å². The normalized spacial score (nSPS) is 16.2. The maximum absolute atomic E-state index is 13.8. The van der Waals surface area contributed by atoms with Crippen molar-refractivity contribution < 1.29 is 13.9 Å². The van der Waals surface area contributed by atoms with Crippen LogP contribution in [0.15, 0.2) is 18.2 Å². The first kappa shape index (κ1) is 12.9. The number of carbonyl (C=O) groups excluding carboxylic acids is 1. The summed E-state index contributed by atoms with van der Waals surface area (Å²) in [4.78, 5) is 14.1. The predicted octanol–water partition coefficient (Wildman–Crippen LogP) is 2.85. The Labute approximate surface area is 107 Å². The third-order valence-electron chi connectivity index (χ3n) is 3.30. The van der Waals surface area contributed by atoms with Gasteiger partial charge >= 0.3 is 0 Å². The lowest BCUT2D eigenvalue weighted by Crippen LogP contribution is -2.32. The summed E-state index contributed by atoms with van der Waals surface area (Å²) in [5.41, 5.74) is 0.0573. The van der Waals surface area contributed by atoms with Crippen LogP contribution in [0.4, 0.5) is 4.39 Å². The number of hydrogen-bond acceptors (Lipinski definition) is 2. The predicted molar refractivity (Wildman–Crippen MR) is 67.3 cm³/mol. The standard InChI is InChI=1S/C14H18FNO2/c1-18-12-8-6-7-11(15)13(12)14(17)16-9-4-2-3-5-10-16/h6-8H,2-5,9-10H2,1H3. The number of likely N-dealkylation sites (tertiary alicyclic amines) is 1. The van der Waals surface area contributed by atoms with E-state index in [1.165, 1.54) is 13.2 Å². The number of ether oxygens (including phenoxy) is 1. The third-order valence-corrected chi connectivity index (χ3v) is 3.30. The molecule has 0 N–H and O–H groups in total. The molecule has 98 valence electrons. The molecule has 0 saturated carbocycles. The minimum atomic E-state index is -0.511. The van der Waals surface area contributed by atoms with Crippen molar-refractivity contribution in [2.75, 3.05) is 20.2 Å². The molecule has 0 radical (unpaired) electrons. The second-order valence-electron chi connectivity index (χ2n) is 4.52. The number of carbonyl (C=O) groups is 1. The monoisotopic (exact) mass is 251 g/mol. The molecule has 3 nitrogen and oxygen atoms in total. The number of amides is 1. The van der Waals surface area contributed by atoms with E-state index in [0.717, 1.165) is 25.7 Å². The van der Waals surface area contributed by atoms with Crippen molar-refractivity contribution in [1.29, 1.82) is 0 Å². The van der Waals surface area contributed by atoms with Crippen molar-refractivity contribution in [2.24, 2.45) is 0 Å². The Morgan fingerprint density at radius 2 is 1.89 bits per heavy atom. The number of rotatable bonds is 2. The van der Waals surface area contributed by atoms with Crippen LogP contribution in [0.2, 0.25) is 0 Å². The average molecular weight is 251 g/mol. The number of nitrogens with zero attached hydrogens (tertiary/aromatic N) is 1. The zero-order valence-electron chi connectivity index (χ0n) is 10.6. The van der Waals surface area contributed by atoms with E-state index in [-0.39, 0.29) is 11.5 Å². The number of benzene rings is 1. The maximum atomic E-state index is 13.8. The van der Waals surface area contributed by atoms with Gasteiger partial charge in [-0.1, -0.05) is 18.9 Å². The Balaban J connectivity index is 2.27. The summed E-state index contributed by atoms with van der Waals surface area (Å²) < 4.78 is 18.9. The first-order valence-electron chi connectivity index (χ1n) is 6.36. The van der Waals surface area contributed by atoms with E-state index in [2.05, 4.69) is 0 Å². The van der Waals surface area contributed by atoms with E-state index in [1.807, 2.05) is 0 Å². The molecule has 1 heterocycles. The molecule has 0 aliphatic carbocycles. The number of hydrogen-bond donors (Lipinski definition) is 0. The molecule has 1 aromatic carbocycles. The second-order valence-corrected chi connectivity index (χ2v) is 4.52. The largest absolute Gasteiger partial charge is 0.496 e. The van der Waals surface area contributed by atoms with Crippen molar-refractivity contribution in [2.45, 2.75) is 25.7 Å². The van der Waals surface area contributed by atoms with Crippen LogP contribution in [0.5, 0.6) is 5.75 Å². The van der Waals surface area contributed by atoms with Gasteiger partial charge in [0.15, 0.2) is 0 Å². The molecule has 1 aliphatic rings. The van der Waals surface area contributed by atoms with E-state index in [4.69, 9.17) is 4.74 Å². The topological polar surface area (TPSA) is 29.5 Å². The molecule has 1 fully saturated rings. The van der Waals surface area contributed by atoms with Crippen LogP contribution in [-0.4, -0.2) is 31.0 Å². The van der Waals surface area contributed by atoms with Gasteiger partial charge in [-0.15, -0.1) is 0 Å². The highest BCUT2D eigenvalue weighted by molar-refractivity contribution is 5.97. The molecule has 0 bridgehead atoms. The molecule has 1 aromatic rings. The van der Waals surface area contributed by atoms with Crippen molar-refractivity contribution in [1.82, 2.24) is 4.90 Å². The lowest BCUT2D eigenvalue weighted by molar-refractivity contribution is 0.0753. The fourth-order valence-corrected chi connectivity index (χ4v) is 2.31. The highest BCUT2D eigenvalue weighted by Gasteiger charge is 2.23. The van der Waals surface area contributed by atoms with Gasteiger partial charge in [0.1, 0.15) is 17.1 Å². The molecular formula is C14H18FNO2. The SMILES string of the molecule is COc1cccc(F)c1C(=O)N1CCCCCC1. The Morgan fingerprint density at radius 3 is 2.50 bits per heavy atom. The Bertz CT molecular complexity index is 426. The van der Waals surface area contributed by atoms with Crippen molar-refractivity contribution >= 4 is 5.91 Å². The van der Waals surface area contributed by atoms with E-state index in [9.17, 15) is 9.18 Å². The van der Waals surface area contributed by atoms with Crippen LogP contribution in [0.3, 0.4) is 0 Å². The summed E-state index contributed by atoms with van der Waals surface area (Å²) in [6.07, 6.45) is 4.25. The van der Waals surface area contributed by atoms with Gasteiger partial charge in [0, 0.05) is 13.1 Å². The van der Waals surface area contributed by atoms with Crippen LogP contribution in [0.1, 0.15) is 36.0 Å². The summed E-state index contributed by atoms with van der Waals surface area (Å²) in [5.74, 6) is -0.459. The van der Waals surface area contributed by atoms with Gasteiger partial charge in [0.25, 0.3) is 5.91 Å². The van der Waals surface area contributed by atoms with E-state index < -0.39 is 5.82 Å². The van der Waals surface area contributed by atoms with Gasteiger partial charge < -0.3 is 9.64 Å². The molecule has 1 amide bonds. The zero-order chi connectivity index (χ0) is 13.0. The van der Waals surface area contributed by atoms with Gasteiger partial charge in [0.05, 0.1) is 7.11 Å². The van der Waals surface area contributed by atoms with Crippen LogP contribution in [0.25, 0.3) is 0 Å². The highest BCUT2D eigenvalue weighted by Crippen LogP contribution is 2.24. The quantitative estimate of drug-likeness (QED) is 0.809. The zero-order valence-corrected chi connectivity index (χ0v) is 10.6. The van der Waals surface area contributed by atoms with Gasteiger partial charge in [-0.2, -0.15) is 0 Å². The smallest absolute Gasteiger partial charge is 0.260 e. The summed E-state index contributed by atoms with van der Waals surface area (Å²) in [5, 5.41) is 0. The first-order valence-corrected chi connectivity index (χ1v) is 6.36. The first-order chi connectivity index (χ1) is 8.74. The fourth-order valence-electron chi connectivity index (χ4n) is 2.31.